The average molecular weight is 472 g/mol. The highest BCUT2D eigenvalue weighted by Gasteiger charge is 2.43. The number of hydrogen-bond donors (Lipinski definition) is 1. The van der Waals surface area contributed by atoms with E-state index in [0.29, 0.717) is 31.0 Å². The fraction of sp³-hybridized carbons (Fsp3) is 0.385. The van der Waals surface area contributed by atoms with Gasteiger partial charge in [-0.15, -0.1) is 0 Å². The molecule has 0 saturated carbocycles. The van der Waals surface area contributed by atoms with E-state index in [-0.39, 0.29) is 5.91 Å². The Morgan fingerprint density at radius 3 is 2.36 bits per heavy atom. The zero-order valence-electron chi connectivity index (χ0n) is 19.7. The number of allylic oxidation sites excluding steroid dienone is 2. The van der Waals surface area contributed by atoms with Gasteiger partial charge in [-0.05, 0) is 62.5 Å². The van der Waals surface area contributed by atoms with Crippen molar-refractivity contribution in [3.63, 3.8) is 0 Å². The number of carbonyl (C=O) groups is 2. The van der Waals surface area contributed by atoms with E-state index < -0.39 is 22.7 Å². The summed E-state index contributed by atoms with van der Waals surface area (Å²) in [5, 5.41) is 4.05. The SMILES string of the molecule is C=C/C(=C(/C)C(=C)Cl)C1(Nc2ccc3c(c2)N(C)C(=O)C3(C)C)CCN(C(=O)C(=C)F)CC1. The number of halogens is 2. The minimum Gasteiger partial charge on any atom is -0.375 e. The third-order valence-corrected chi connectivity index (χ3v) is 7.21. The van der Waals surface area contributed by atoms with Crippen LogP contribution in [0.4, 0.5) is 15.8 Å². The molecule has 2 heterocycles. The molecule has 5 nitrogen and oxygen atoms in total. The van der Waals surface area contributed by atoms with Crippen molar-refractivity contribution in [3.05, 3.63) is 71.6 Å². The molecule has 0 radical (unpaired) electrons. The maximum absolute atomic E-state index is 13.4. The van der Waals surface area contributed by atoms with E-state index in [1.807, 2.05) is 39.0 Å². The fourth-order valence-corrected chi connectivity index (χ4v) is 5.02. The standard InChI is InChI=1S/C26H31ClFN3O2/c1-8-20(16(2)17(3)27)26(11-13-31(14-12-26)23(32)18(4)28)29-19-9-10-21-22(15-19)30(7)24(33)25(21,5)6/h8-10,15,29H,1,3-4,11-14H2,2,5-7H3/b20-16+. The molecule has 33 heavy (non-hydrogen) atoms. The van der Waals surface area contributed by atoms with Gasteiger partial charge in [0.2, 0.25) is 5.91 Å². The van der Waals surface area contributed by atoms with Crippen molar-refractivity contribution >= 4 is 34.8 Å². The van der Waals surface area contributed by atoms with E-state index in [0.717, 1.165) is 28.1 Å². The van der Waals surface area contributed by atoms with E-state index in [4.69, 9.17) is 11.6 Å². The molecule has 1 N–H and O–H groups in total. The van der Waals surface area contributed by atoms with Gasteiger partial charge in [0.25, 0.3) is 5.91 Å². The summed E-state index contributed by atoms with van der Waals surface area (Å²) < 4.78 is 13.4. The highest BCUT2D eigenvalue weighted by molar-refractivity contribution is 6.31. The second-order valence-electron chi connectivity index (χ2n) is 9.27. The van der Waals surface area contributed by atoms with Crippen molar-refractivity contribution in [2.75, 3.05) is 30.4 Å². The summed E-state index contributed by atoms with van der Waals surface area (Å²) in [6.07, 6.45) is 2.77. The van der Waals surface area contributed by atoms with Gasteiger partial charge >= 0.3 is 0 Å². The molecule has 2 amide bonds. The lowest BCUT2D eigenvalue weighted by Crippen LogP contribution is -2.52. The molecule has 2 aliphatic heterocycles. The second kappa shape index (κ2) is 8.82. The molecule has 2 aliphatic rings. The van der Waals surface area contributed by atoms with Crippen LogP contribution in [0.3, 0.4) is 0 Å². The summed E-state index contributed by atoms with van der Waals surface area (Å²) in [5.41, 5.74) is 3.13. The summed E-state index contributed by atoms with van der Waals surface area (Å²) in [4.78, 5) is 28.0. The van der Waals surface area contributed by atoms with Crippen LogP contribution in [-0.4, -0.2) is 42.4 Å². The Hall–Kier alpha value is -2.86. The van der Waals surface area contributed by atoms with Crippen LogP contribution >= 0.6 is 11.6 Å². The van der Waals surface area contributed by atoms with E-state index in [1.165, 1.54) is 4.90 Å². The second-order valence-corrected chi connectivity index (χ2v) is 9.73. The molecule has 7 heteroatoms. The number of nitrogens with one attached hydrogen (secondary N) is 1. The summed E-state index contributed by atoms with van der Waals surface area (Å²) in [6, 6.07) is 5.90. The minimum absolute atomic E-state index is 0.0450. The Morgan fingerprint density at radius 2 is 1.85 bits per heavy atom. The van der Waals surface area contributed by atoms with Crippen LogP contribution in [0, 0.1) is 0 Å². The summed E-state index contributed by atoms with van der Waals surface area (Å²) >= 11 is 6.25. The molecule has 0 atom stereocenters. The van der Waals surface area contributed by atoms with E-state index >= 15 is 0 Å². The Balaban J connectivity index is 2.03. The molecular weight excluding hydrogens is 441 g/mol. The number of fused-ring (bicyclic) bond motifs is 1. The van der Waals surface area contributed by atoms with Crippen LogP contribution in [0.1, 0.15) is 39.2 Å². The average Bonchev–Trinajstić information content (AvgIpc) is 2.94. The Labute approximate surface area is 200 Å². The molecule has 3 rings (SSSR count). The lowest BCUT2D eigenvalue weighted by atomic mass is 9.77. The van der Waals surface area contributed by atoms with Crippen LogP contribution in [0.15, 0.2) is 66.0 Å². The number of hydrogen-bond acceptors (Lipinski definition) is 3. The van der Waals surface area contributed by atoms with Gasteiger partial charge < -0.3 is 15.1 Å². The van der Waals surface area contributed by atoms with Gasteiger partial charge in [0, 0.05) is 36.5 Å². The van der Waals surface area contributed by atoms with Gasteiger partial charge in [0.15, 0.2) is 5.83 Å². The smallest absolute Gasteiger partial charge is 0.281 e. The predicted octanol–water partition coefficient (Wildman–Crippen LogP) is 5.45. The van der Waals surface area contributed by atoms with Crippen molar-refractivity contribution in [1.29, 1.82) is 0 Å². The quantitative estimate of drug-likeness (QED) is 0.443. The number of amides is 2. The number of likely N-dealkylation sites (N-methyl/N-ethyl adjacent to an activating group) is 1. The largest absolute Gasteiger partial charge is 0.375 e. The monoisotopic (exact) mass is 471 g/mol. The van der Waals surface area contributed by atoms with Crippen molar-refractivity contribution in [2.24, 2.45) is 0 Å². The first kappa shape index (κ1) is 24.8. The number of carbonyl (C=O) groups excluding carboxylic acids is 2. The molecule has 0 spiro atoms. The molecule has 1 saturated heterocycles. The van der Waals surface area contributed by atoms with Crippen LogP contribution in [0.25, 0.3) is 0 Å². The number of nitrogens with zero attached hydrogens (tertiary/aromatic N) is 2. The topological polar surface area (TPSA) is 52.7 Å². The Kier molecular flexibility index (Phi) is 6.62. The molecule has 0 unspecified atom stereocenters. The summed E-state index contributed by atoms with van der Waals surface area (Å²) in [6.45, 7) is 17.4. The van der Waals surface area contributed by atoms with Gasteiger partial charge in [-0.1, -0.05) is 43.5 Å². The van der Waals surface area contributed by atoms with Crippen LogP contribution < -0.4 is 10.2 Å². The highest BCUT2D eigenvalue weighted by atomic mass is 35.5. The van der Waals surface area contributed by atoms with Gasteiger partial charge in [0.05, 0.1) is 11.0 Å². The number of benzene rings is 1. The lowest BCUT2D eigenvalue weighted by Gasteiger charge is -2.44. The van der Waals surface area contributed by atoms with Crippen molar-refractivity contribution in [3.8, 4) is 0 Å². The molecule has 1 fully saturated rings. The normalized spacial score (nSPS) is 19.5. The molecule has 0 aliphatic carbocycles. The number of piperidine rings is 1. The number of anilines is 2. The Bertz CT molecular complexity index is 1080. The molecular formula is C26H31ClFN3O2. The first-order valence-corrected chi connectivity index (χ1v) is 11.3. The molecule has 1 aromatic carbocycles. The molecule has 176 valence electrons. The van der Waals surface area contributed by atoms with Gasteiger partial charge in [0.1, 0.15) is 0 Å². The van der Waals surface area contributed by atoms with Crippen LogP contribution in [0.5, 0.6) is 0 Å². The predicted molar refractivity (Wildman–Crippen MR) is 133 cm³/mol. The summed E-state index contributed by atoms with van der Waals surface area (Å²) in [7, 11) is 1.78. The first-order chi connectivity index (χ1) is 15.4. The van der Waals surface area contributed by atoms with Gasteiger partial charge in [-0.2, -0.15) is 0 Å². The lowest BCUT2D eigenvalue weighted by molar-refractivity contribution is -0.129. The number of likely N-dealkylation sites (tertiary alicyclic amines) is 1. The van der Waals surface area contributed by atoms with Crippen LogP contribution in [-0.2, 0) is 15.0 Å². The van der Waals surface area contributed by atoms with Crippen molar-refractivity contribution < 1.29 is 14.0 Å². The fourth-order valence-electron chi connectivity index (χ4n) is 4.91. The third kappa shape index (κ3) is 4.24. The maximum Gasteiger partial charge on any atom is 0.281 e. The van der Waals surface area contributed by atoms with Gasteiger partial charge in [-0.3, -0.25) is 9.59 Å². The first-order valence-electron chi connectivity index (χ1n) is 10.9. The van der Waals surface area contributed by atoms with Crippen molar-refractivity contribution in [2.45, 2.75) is 44.6 Å². The van der Waals surface area contributed by atoms with Gasteiger partial charge in [-0.25, -0.2) is 4.39 Å². The number of rotatable bonds is 6. The zero-order valence-corrected chi connectivity index (χ0v) is 20.5. The minimum atomic E-state index is -0.964. The third-order valence-electron chi connectivity index (χ3n) is 6.92. The summed E-state index contributed by atoms with van der Waals surface area (Å²) in [5.74, 6) is -1.61. The van der Waals surface area contributed by atoms with Crippen LogP contribution in [0.2, 0.25) is 0 Å². The molecule has 0 bridgehead atoms. The highest BCUT2D eigenvalue weighted by Crippen LogP contribution is 2.44. The Morgan fingerprint density at radius 1 is 1.24 bits per heavy atom. The maximum atomic E-state index is 13.4. The molecule has 1 aromatic rings. The van der Waals surface area contributed by atoms with Crippen molar-refractivity contribution in [1.82, 2.24) is 4.90 Å². The molecule has 0 aromatic heterocycles. The van der Waals surface area contributed by atoms with E-state index in [2.05, 4.69) is 25.1 Å². The van der Waals surface area contributed by atoms with E-state index in [9.17, 15) is 14.0 Å². The zero-order chi connectivity index (χ0) is 24.7. The van der Waals surface area contributed by atoms with E-state index in [1.54, 1.807) is 18.0 Å².